The maximum absolute atomic E-state index is 11.9. The van der Waals surface area contributed by atoms with E-state index in [0.717, 1.165) is 10.2 Å². The van der Waals surface area contributed by atoms with Crippen LogP contribution in [0.2, 0.25) is 0 Å². The summed E-state index contributed by atoms with van der Waals surface area (Å²) < 4.78 is 1.01. The first-order chi connectivity index (χ1) is 11.0. The number of carbonyl (C=O) groups excluding carboxylic acids is 2. The molecular formula is C17H18BrN3O2. The molecule has 23 heavy (non-hydrogen) atoms. The number of carbonyl (C=O) groups is 2. The molecule has 0 saturated heterocycles. The minimum absolute atomic E-state index is 0.0883. The number of benzene rings is 2. The van der Waals surface area contributed by atoms with Gasteiger partial charge in [0.05, 0.1) is 0 Å². The number of hydrogen-bond acceptors (Lipinski definition) is 3. The van der Waals surface area contributed by atoms with Crippen molar-refractivity contribution in [1.82, 2.24) is 0 Å². The first-order valence-corrected chi connectivity index (χ1v) is 7.99. The standard InChI is InChI=1S/C17H18BrN3O2/c1-12(22)20-15-3-2-4-16(11-15)21-17(23)9-10-19-14-7-5-13(18)6-8-14/h2-8,11,19H,9-10H2,1H3,(H,20,22)(H,21,23). The second kappa shape index (κ2) is 8.33. The van der Waals surface area contributed by atoms with Gasteiger partial charge in [0.2, 0.25) is 11.8 Å². The van der Waals surface area contributed by atoms with Crippen molar-refractivity contribution in [2.24, 2.45) is 0 Å². The molecule has 3 N–H and O–H groups in total. The van der Waals surface area contributed by atoms with Crippen molar-refractivity contribution in [3.8, 4) is 0 Å². The van der Waals surface area contributed by atoms with Crippen molar-refractivity contribution < 1.29 is 9.59 Å². The van der Waals surface area contributed by atoms with Crippen LogP contribution in [0.3, 0.4) is 0 Å². The molecule has 0 heterocycles. The minimum Gasteiger partial charge on any atom is -0.385 e. The Morgan fingerprint density at radius 2 is 1.61 bits per heavy atom. The molecular weight excluding hydrogens is 358 g/mol. The Labute approximate surface area is 143 Å². The van der Waals surface area contributed by atoms with E-state index in [9.17, 15) is 9.59 Å². The topological polar surface area (TPSA) is 70.2 Å². The smallest absolute Gasteiger partial charge is 0.226 e. The Hall–Kier alpha value is -2.34. The molecule has 5 nitrogen and oxygen atoms in total. The average molecular weight is 376 g/mol. The normalized spacial score (nSPS) is 10.0. The molecule has 0 unspecified atom stereocenters. The van der Waals surface area contributed by atoms with E-state index in [-0.39, 0.29) is 11.8 Å². The van der Waals surface area contributed by atoms with E-state index in [0.29, 0.717) is 24.3 Å². The van der Waals surface area contributed by atoms with Crippen molar-refractivity contribution in [3.63, 3.8) is 0 Å². The van der Waals surface area contributed by atoms with Gasteiger partial charge in [-0.05, 0) is 42.5 Å². The van der Waals surface area contributed by atoms with Gasteiger partial charge in [0.15, 0.2) is 0 Å². The third-order valence-corrected chi connectivity index (χ3v) is 3.52. The number of anilines is 3. The van der Waals surface area contributed by atoms with Gasteiger partial charge in [-0.1, -0.05) is 22.0 Å². The maximum Gasteiger partial charge on any atom is 0.226 e. The van der Waals surface area contributed by atoms with Crippen molar-refractivity contribution in [3.05, 3.63) is 53.0 Å². The zero-order valence-corrected chi connectivity index (χ0v) is 14.3. The molecule has 0 radical (unpaired) electrons. The summed E-state index contributed by atoms with van der Waals surface area (Å²) in [6.45, 7) is 1.98. The van der Waals surface area contributed by atoms with Gasteiger partial charge in [0.25, 0.3) is 0 Å². The highest BCUT2D eigenvalue weighted by atomic mass is 79.9. The highest BCUT2D eigenvalue weighted by Crippen LogP contribution is 2.16. The fraction of sp³-hybridized carbons (Fsp3) is 0.176. The average Bonchev–Trinajstić information content (AvgIpc) is 2.49. The largest absolute Gasteiger partial charge is 0.385 e. The lowest BCUT2D eigenvalue weighted by Gasteiger charge is -2.09. The highest BCUT2D eigenvalue weighted by Gasteiger charge is 2.04. The first kappa shape index (κ1) is 17.0. The summed E-state index contributed by atoms with van der Waals surface area (Å²) in [6, 6.07) is 14.8. The molecule has 0 aromatic heterocycles. The summed E-state index contributed by atoms with van der Waals surface area (Å²) in [5.74, 6) is -0.234. The molecule has 6 heteroatoms. The van der Waals surface area contributed by atoms with E-state index in [1.54, 1.807) is 24.3 Å². The van der Waals surface area contributed by atoms with Crippen molar-refractivity contribution in [1.29, 1.82) is 0 Å². The van der Waals surface area contributed by atoms with Gasteiger partial charge in [-0.2, -0.15) is 0 Å². The quantitative estimate of drug-likeness (QED) is 0.717. The van der Waals surface area contributed by atoms with Crippen LogP contribution < -0.4 is 16.0 Å². The number of nitrogens with one attached hydrogen (secondary N) is 3. The van der Waals surface area contributed by atoms with Crippen LogP contribution in [0.1, 0.15) is 13.3 Å². The van der Waals surface area contributed by atoms with Crippen LogP contribution in [0, 0.1) is 0 Å². The van der Waals surface area contributed by atoms with Crippen LogP contribution in [0.5, 0.6) is 0 Å². The van der Waals surface area contributed by atoms with E-state index >= 15 is 0 Å². The van der Waals surface area contributed by atoms with E-state index in [2.05, 4.69) is 31.9 Å². The highest BCUT2D eigenvalue weighted by molar-refractivity contribution is 9.10. The Balaban J connectivity index is 1.80. The Bertz CT molecular complexity index is 686. The van der Waals surface area contributed by atoms with Crippen molar-refractivity contribution in [2.75, 3.05) is 22.5 Å². The lowest BCUT2D eigenvalue weighted by molar-refractivity contribution is -0.116. The number of halogens is 1. The van der Waals surface area contributed by atoms with Gasteiger partial charge < -0.3 is 16.0 Å². The third kappa shape index (κ3) is 6.12. The monoisotopic (exact) mass is 375 g/mol. The minimum atomic E-state index is -0.146. The van der Waals surface area contributed by atoms with Gasteiger partial charge in [0.1, 0.15) is 0 Å². The molecule has 2 aromatic carbocycles. The van der Waals surface area contributed by atoms with Crippen molar-refractivity contribution in [2.45, 2.75) is 13.3 Å². The fourth-order valence-electron chi connectivity index (χ4n) is 1.99. The molecule has 0 aliphatic rings. The molecule has 0 fully saturated rings. The number of amides is 2. The molecule has 2 aromatic rings. The molecule has 2 amide bonds. The van der Waals surface area contributed by atoms with E-state index in [4.69, 9.17) is 0 Å². The van der Waals surface area contributed by atoms with Crippen LogP contribution in [0.4, 0.5) is 17.1 Å². The van der Waals surface area contributed by atoms with E-state index < -0.39 is 0 Å². The first-order valence-electron chi connectivity index (χ1n) is 7.20. The van der Waals surface area contributed by atoms with Gasteiger partial charge in [-0.3, -0.25) is 9.59 Å². The second-order valence-electron chi connectivity index (χ2n) is 4.99. The lowest BCUT2D eigenvalue weighted by Crippen LogP contribution is -2.16. The van der Waals surface area contributed by atoms with Crippen molar-refractivity contribution >= 4 is 44.8 Å². The molecule has 0 atom stereocenters. The summed E-state index contributed by atoms with van der Waals surface area (Å²) in [5, 5.41) is 8.68. The summed E-state index contributed by atoms with van der Waals surface area (Å²) in [7, 11) is 0. The molecule has 0 aliphatic carbocycles. The second-order valence-corrected chi connectivity index (χ2v) is 5.91. The van der Waals surface area contributed by atoms with Gasteiger partial charge in [0, 0.05) is 41.4 Å². The summed E-state index contributed by atoms with van der Waals surface area (Å²) in [6.07, 6.45) is 0.348. The molecule has 120 valence electrons. The molecule has 2 rings (SSSR count). The Kier molecular flexibility index (Phi) is 6.17. The molecule has 0 saturated carbocycles. The number of rotatable bonds is 6. The molecule has 0 bridgehead atoms. The molecule has 0 spiro atoms. The zero-order chi connectivity index (χ0) is 16.7. The summed E-state index contributed by atoms with van der Waals surface area (Å²) >= 11 is 3.38. The Morgan fingerprint density at radius 1 is 0.957 bits per heavy atom. The zero-order valence-electron chi connectivity index (χ0n) is 12.7. The van der Waals surface area contributed by atoms with Crippen LogP contribution in [0.25, 0.3) is 0 Å². The SMILES string of the molecule is CC(=O)Nc1cccc(NC(=O)CCNc2ccc(Br)cc2)c1. The summed E-state index contributed by atoms with van der Waals surface area (Å²) in [4.78, 5) is 23.0. The van der Waals surface area contributed by atoms with Crippen LogP contribution in [0.15, 0.2) is 53.0 Å². The van der Waals surface area contributed by atoms with Crippen LogP contribution in [-0.4, -0.2) is 18.4 Å². The van der Waals surface area contributed by atoms with Gasteiger partial charge in [-0.25, -0.2) is 0 Å². The van der Waals surface area contributed by atoms with E-state index in [1.807, 2.05) is 24.3 Å². The fourth-order valence-corrected chi connectivity index (χ4v) is 2.25. The predicted molar refractivity (Wildman–Crippen MR) is 96.6 cm³/mol. The maximum atomic E-state index is 11.9. The van der Waals surface area contributed by atoms with E-state index in [1.165, 1.54) is 6.92 Å². The summed E-state index contributed by atoms with van der Waals surface area (Å²) in [5.41, 5.74) is 2.28. The lowest BCUT2D eigenvalue weighted by atomic mass is 10.2. The van der Waals surface area contributed by atoms with Crippen LogP contribution >= 0.6 is 15.9 Å². The van der Waals surface area contributed by atoms with Crippen LogP contribution in [-0.2, 0) is 9.59 Å². The Morgan fingerprint density at radius 3 is 2.26 bits per heavy atom. The third-order valence-electron chi connectivity index (χ3n) is 2.99. The van der Waals surface area contributed by atoms with Gasteiger partial charge >= 0.3 is 0 Å². The number of hydrogen-bond donors (Lipinski definition) is 3. The predicted octanol–water partition coefficient (Wildman–Crippen LogP) is 3.85. The molecule has 0 aliphatic heterocycles. The van der Waals surface area contributed by atoms with Gasteiger partial charge in [-0.15, -0.1) is 0 Å².